The minimum Gasteiger partial charge on any atom is -0.356 e. The van der Waals surface area contributed by atoms with E-state index in [1.54, 1.807) is 0 Å². The number of rotatable bonds is 10. The molecule has 1 unspecified atom stereocenters. The molecule has 0 aliphatic heterocycles. The van der Waals surface area contributed by atoms with Crippen molar-refractivity contribution in [2.24, 2.45) is 12.0 Å². The van der Waals surface area contributed by atoms with Crippen molar-refractivity contribution in [3.8, 4) is 0 Å². The summed E-state index contributed by atoms with van der Waals surface area (Å²) in [5, 5.41) is 11.0. The lowest BCUT2D eigenvalue weighted by molar-refractivity contribution is 0.292. The van der Waals surface area contributed by atoms with Gasteiger partial charge in [-0.15, -0.1) is 24.0 Å². The molecule has 0 amide bonds. The lowest BCUT2D eigenvalue weighted by Crippen LogP contribution is -2.43. The Labute approximate surface area is 164 Å². The summed E-state index contributed by atoms with van der Waals surface area (Å²) in [6, 6.07) is 0.426. The van der Waals surface area contributed by atoms with E-state index in [1.165, 1.54) is 18.5 Å². The average molecular weight is 450 g/mol. The number of nitrogens with zero attached hydrogens (tertiary/aromatic N) is 4. The molecule has 1 rings (SSSR count). The first-order chi connectivity index (χ1) is 11.1. The topological polar surface area (TPSA) is 57.5 Å². The van der Waals surface area contributed by atoms with Crippen molar-refractivity contribution in [1.29, 1.82) is 0 Å². The standard InChI is InChI=1S/C17H34N6.HI/c1-6-23(7-2)12-8-9-15(3)21-17(18-4)19-11-10-16-13-20-22(5)14-16;/h13-15H,6-12H2,1-5H3,(H2,18,19,21);1H. The highest BCUT2D eigenvalue weighted by Gasteiger charge is 2.06. The maximum Gasteiger partial charge on any atom is 0.191 e. The number of hydrogen-bond donors (Lipinski definition) is 2. The first-order valence-corrected chi connectivity index (χ1v) is 8.76. The Morgan fingerprint density at radius 3 is 2.62 bits per heavy atom. The van der Waals surface area contributed by atoms with Gasteiger partial charge in [0.1, 0.15) is 0 Å². The Morgan fingerprint density at radius 2 is 2.08 bits per heavy atom. The quantitative estimate of drug-likeness (QED) is 0.326. The first kappa shape index (κ1) is 23.2. The highest BCUT2D eigenvalue weighted by molar-refractivity contribution is 14.0. The molecule has 1 atom stereocenters. The predicted octanol–water partition coefficient (Wildman–Crippen LogP) is 2.26. The van der Waals surface area contributed by atoms with Crippen molar-refractivity contribution in [3.05, 3.63) is 18.0 Å². The molecule has 24 heavy (non-hydrogen) atoms. The number of halogens is 1. The van der Waals surface area contributed by atoms with Crippen LogP contribution in [0.15, 0.2) is 17.4 Å². The van der Waals surface area contributed by atoms with Crippen molar-refractivity contribution in [2.75, 3.05) is 33.2 Å². The molecule has 1 aromatic rings. The van der Waals surface area contributed by atoms with Gasteiger partial charge >= 0.3 is 0 Å². The highest BCUT2D eigenvalue weighted by atomic mass is 127. The van der Waals surface area contributed by atoms with Crippen LogP contribution in [0.25, 0.3) is 0 Å². The van der Waals surface area contributed by atoms with Crippen LogP contribution in [-0.4, -0.2) is 59.9 Å². The van der Waals surface area contributed by atoms with Gasteiger partial charge in [-0.25, -0.2) is 0 Å². The molecule has 140 valence electrons. The lowest BCUT2D eigenvalue weighted by Gasteiger charge is -2.21. The van der Waals surface area contributed by atoms with E-state index in [-0.39, 0.29) is 24.0 Å². The molecule has 0 saturated heterocycles. The third-order valence-electron chi connectivity index (χ3n) is 4.08. The van der Waals surface area contributed by atoms with E-state index >= 15 is 0 Å². The molecule has 7 heteroatoms. The van der Waals surface area contributed by atoms with Crippen LogP contribution in [0, 0.1) is 0 Å². The fourth-order valence-electron chi connectivity index (χ4n) is 2.59. The molecule has 0 fully saturated rings. The number of hydrogen-bond acceptors (Lipinski definition) is 3. The fourth-order valence-corrected chi connectivity index (χ4v) is 2.59. The second kappa shape index (κ2) is 13.5. The summed E-state index contributed by atoms with van der Waals surface area (Å²) in [4.78, 5) is 6.77. The van der Waals surface area contributed by atoms with E-state index in [0.29, 0.717) is 6.04 Å². The van der Waals surface area contributed by atoms with Crippen molar-refractivity contribution >= 4 is 29.9 Å². The second-order valence-corrected chi connectivity index (χ2v) is 5.99. The van der Waals surface area contributed by atoms with E-state index in [4.69, 9.17) is 0 Å². The van der Waals surface area contributed by atoms with Crippen molar-refractivity contribution in [1.82, 2.24) is 25.3 Å². The minimum atomic E-state index is 0. The third-order valence-corrected chi connectivity index (χ3v) is 4.08. The normalized spacial score (nSPS) is 12.8. The van der Waals surface area contributed by atoms with Gasteiger partial charge < -0.3 is 15.5 Å². The van der Waals surface area contributed by atoms with E-state index in [9.17, 15) is 0 Å². The largest absolute Gasteiger partial charge is 0.356 e. The summed E-state index contributed by atoms with van der Waals surface area (Å²) in [7, 11) is 3.76. The first-order valence-electron chi connectivity index (χ1n) is 8.76. The fraction of sp³-hybridized carbons (Fsp3) is 0.765. The van der Waals surface area contributed by atoms with Crippen LogP contribution >= 0.6 is 24.0 Å². The monoisotopic (exact) mass is 450 g/mol. The maximum absolute atomic E-state index is 4.30. The lowest BCUT2D eigenvalue weighted by atomic mass is 10.2. The van der Waals surface area contributed by atoms with E-state index in [1.807, 2.05) is 31.2 Å². The Hall–Kier alpha value is -0.830. The summed E-state index contributed by atoms with van der Waals surface area (Å²) < 4.78 is 1.83. The van der Waals surface area contributed by atoms with E-state index < -0.39 is 0 Å². The number of aromatic nitrogens is 2. The summed E-state index contributed by atoms with van der Waals surface area (Å²) in [6.07, 6.45) is 7.27. The molecule has 6 nitrogen and oxygen atoms in total. The van der Waals surface area contributed by atoms with Crippen LogP contribution < -0.4 is 10.6 Å². The van der Waals surface area contributed by atoms with Gasteiger partial charge in [0.25, 0.3) is 0 Å². The number of aliphatic imine (C=N–C) groups is 1. The zero-order chi connectivity index (χ0) is 17.1. The van der Waals surface area contributed by atoms with Gasteiger partial charge in [0, 0.05) is 32.9 Å². The SMILES string of the molecule is CCN(CC)CCCC(C)NC(=NC)NCCc1cnn(C)c1.I. The van der Waals surface area contributed by atoms with E-state index in [0.717, 1.165) is 38.4 Å². The smallest absolute Gasteiger partial charge is 0.191 e. The molecule has 0 bridgehead atoms. The van der Waals surface area contributed by atoms with E-state index in [2.05, 4.69) is 46.4 Å². The summed E-state index contributed by atoms with van der Waals surface area (Å²) in [5.41, 5.74) is 1.24. The second-order valence-electron chi connectivity index (χ2n) is 5.99. The van der Waals surface area contributed by atoms with Gasteiger partial charge in [0.05, 0.1) is 6.20 Å². The van der Waals surface area contributed by atoms with Crippen LogP contribution in [0.4, 0.5) is 0 Å². The molecular formula is C17H35IN6. The van der Waals surface area contributed by atoms with Gasteiger partial charge in [0.2, 0.25) is 0 Å². The minimum absolute atomic E-state index is 0. The van der Waals surface area contributed by atoms with Crippen LogP contribution in [-0.2, 0) is 13.5 Å². The molecule has 0 aliphatic rings. The molecule has 0 radical (unpaired) electrons. The molecule has 0 aromatic carbocycles. The van der Waals surface area contributed by atoms with Crippen LogP contribution in [0.3, 0.4) is 0 Å². The molecule has 0 aliphatic carbocycles. The van der Waals surface area contributed by atoms with Crippen molar-refractivity contribution in [3.63, 3.8) is 0 Å². The van der Waals surface area contributed by atoms with Gasteiger partial charge in [-0.3, -0.25) is 9.67 Å². The molecule has 1 heterocycles. The molecule has 2 N–H and O–H groups in total. The molecule has 1 aromatic heterocycles. The third kappa shape index (κ3) is 9.46. The number of aryl methyl sites for hydroxylation is 1. The Kier molecular flexibility index (Phi) is 13.0. The van der Waals surface area contributed by atoms with Crippen LogP contribution in [0.2, 0.25) is 0 Å². The van der Waals surface area contributed by atoms with Gasteiger partial charge in [-0.2, -0.15) is 5.10 Å². The van der Waals surface area contributed by atoms with Gasteiger partial charge in [-0.1, -0.05) is 13.8 Å². The Morgan fingerprint density at radius 1 is 1.38 bits per heavy atom. The van der Waals surface area contributed by atoms with Gasteiger partial charge in [-0.05, 0) is 51.4 Å². The predicted molar refractivity (Wildman–Crippen MR) is 113 cm³/mol. The molecule has 0 spiro atoms. The zero-order valence-corrected chi connectivity index (χ0v) is 18.2. The number of guanidine groups is 1. The van der Waals surface area contributed by atoms with Crippen molar-refractivity contribution in [2.45, 2.75) is 46.1 Å². The molecular weight excluding hydrogens is 415 g/mol. The summed E-state index contributed by atoms with van der Waals surface area (Å²) in [5.74, 6) is 0.879. The van der Waals surface area contributed by atoms with Crippen molar-refractivity contribution < 1.29 is 0 Å². The zero-order valence-electron chi connectivity index (χ0n) is 15.9. The van der Waals surface area contributed by atoms with Crippen LogP contribution in [0.5, 0.6) is 0 Å². The summed E-state index contributed by atoms with van der Waals surface area (Å²) in [6.45, 7) is 11.0. The summed E-state index contributed by atoms with van der Waals surface area (Å²) >= 11 is 0. The number of nitrogens with one attached hydrogen (secondary N) is 2. The highest BCUT2D eigenvalue weighted by Crippen LogP contribution is 2.00. The molecule has 0 saturated carbocycles. The Bertz CT molecular complexity index is 456. The maximum atomic E-state index is 4.30. The Balaban J connectivity index is 0.00000529. The average Bonchev–Trinajstić information content (AvgIpc) is 2.96. The van der Waals surface area contributed by atoms with Crippen LogP contribution in [0.1, 0.15) is 39.2 Å². The van der Waals surface area contributed by atoms with Gasteiger partial charge in [0.15, 0.2) is 5.96 Å².